The fourth-order valence-electron chi connectivity index (χ4n) is 2.28. The number of nitrogens with one attached hydrogen (secondary N) is 1. The van der Waals surface area contributed by atoms with Crippen molar-refractivity contribution in [1.29, 1.82) is 0 Å². The Kier molecular flexibility index (Phi) is 6.30. The minimum Gasteiger partial charge on any atom is -0.389 e. The van der Waals surface area contributed by atoms with Gasteiger partial charge in [0.25, 0.3) is 0 Å². The van der Waals surface area contributed by atoms with Crippen LogP contribution in [-0.4, -0.2) is 43.0 Å². The summed E-state index contributed by atoms with van der Waals surface area (Å²) in [5.74, 6) is 0.0323. The van der Waals surface area contributed by atoms with Crippen molar-refractivity contribution in [1.82, 2.24) is 10.2 Å². The van der Waals surface area contributed by atoms with Crippen LogP contribution in [-0.2, 0) is 11.2 Å². The van der Waals surface area contributed by atoms with E-state index in [9.17, 15) is 4.79 Å². The number of thiocarbonyl (C=S) groups is 1. The topological polar surface area (TPSA) is 58.4 Å². The second kappa shape index (κ2) is 7.52. The molecule has 3 N–H and O–H groups in total. The van der Waals surface area contributed by atoms with Crippen LogP contribution in [0.3, 0.4) is 0 Å². The molecule has 0 aliphatic carbocycles. The number of amides is 1. The molecule has 1 aromatic rings. The smallest absolute Gasteiger partial charge is 0.224 e. The second-order valence-electron chi connectivity index (χ2n) is 6.42. The molecule has 1 rings (SSSR count). The first-order valence-electron chi connectivity index (χ1n) is 7.00. The van der Waals surface area contributed by atoms with Crippen LogP contribution in [0.5, 0.6) is 0 Å². The molecule has 0 aromatic heterocycles. The van der Waals surface area contributed by atoms with Gasteiger partial charge in [-0.25, -0.2) is 0 Å². The van der Waals surface area contributed by atoms with Gasteiger partial charge in [-0.05, 0) is 25.1 Å². The van der Waals surface area contributed by atoms with E-state index in [4.69, 9.17) is 18.0 Å². The highest BCUT2D eigenvalue weighted by atomic mass is 32.1. The van der Waals surface area contributed by atoms with E-state index in [1.54, 1.807) is 0 Å². The summed E-state index contributed by atoms with van der Waals surface area (Å²) in [6.45, 7) is 5.87. The highest BCUT2D eigenvalue weighted by Crippen LogP contribution is 2.14. The van der Waals surface area contributed by atoms with Crippen LogP contribution in [0.1, 0.15) is 25.0 Å². The molecule has 0 saturated carbocycles. The van der Waals surface area contributed by atoms with Gasteiger partial charge in [0.1, 0.15) is 4.99 Å². The molecule has 0 fully saturated rings. The monoisotopic (exact) mass is 307 g/mol. The Morgan fingerprint density at radius 2 is 1.86 bits per heavy atom. The van der Waals surface area contributed by atoms with E-state index in [0.29, 0.717) is 18.0 Å². The minimum atomic E-state index is 0.0323. The Bertz CT molecular complexity index is 495. The molecule has 0 saturated heterocycles. The van der Waals surface area contributed by atoms with Gasteiger partial charge in [0.05, 0.1) is 6.42 Å². The van der Waals surface area contributed by atoms with Crippen molar-refractivity contribution in [3.8, 4) is 0 Å². The molecule has 0 unspecified atom stereocenters. The van der Waals surface area contributed by atoms with Crippen molar-refractivity contribution in [2.75, 3.05) is 27.2 Å². The molecule has 1 amide bonds. The number of benzene rings is 1. The van der Waals surface area contributed by atoms with Crippen molar-refractivity contribution in [3.05, 3.63) is 35.4 Å². The number of hydrogen-bond donors (Lipinski definition) is 2. The zero-order valence-corrected chi connectivity index (χ0v) is 14.1. The number of nitrogens with zero attached hydrogens (tertiary/aromatic N) is 1. The lowest BCUT2D eigenvalue weighted by molar-refractivity contribution is -0.120. The lowest BCUT2D eigenvalue weighted by Gasteiger charge is -2.28. The third-order valence-electron chi connectivity index (χ3n) is 3.11. The molecule has 1 aromatic carbocycles. The average molecular weight is 307 g/mol. The van der Waals surface area contributed by atoms with Gasteiger partial charge in [-0.3, -0.25) is 4.79 Å². The van der Waals surface area contributed by atoms with Gasteiger partial charge < -0.3 is 16.0 Å². The van der Waals surface area contributed by atoms with Crippen molar-refractivity contribution in [2.24, 2.45) is 11.1 Å². The Labute approximate surface area is 132 Å². The number of carbonyl (C=O) groups excluding carboxylic acids is 1. The molecule has 5 heteroatoms. The van der Waals surface area contributed by atoms with E-state index < -0.39 is 0 Å². The quantitative estimate of drug-likeness (QED) is 0.751. The van der Waals surface area contributed by atoms with Crippen LogP contribution in [0, 0.1) is 5.41 Å². The Morgan fingerprint density at radius 1 is 1.29 bits per heavy atom. The summed E-state index contributed by atoms with van der Waals surface area (Å²) in [6, 6.07) is 7.47. The van der Waals surface area contributed by atoms with Crippen LogP contribution >= 0.6 is 12.2 Å². The van der Waals surface area contributed by atoms with Gasteiger partial charge in [-0.1, -0.05) is 50.3 Å². The minimum absolute atomic E-state index is 0.0323. The largest absolute Gasteiger partial charge is 0.389 e. The Balaban J connectivity index is 2.48. The predicted octanol–water partition coefficient (Wildman–Crippen LogP) is 1.57. The van der Waals surface area contributed by atoms with Crippen LogP contribution in [0.15, 0.2) is 24.3 Å². The van der Waals surface area contributed by atoms with E-state index in [-0.39, 0.29) is 11.3 Å². The molecule has 4 nitrogen and oxygen atoms in total. The number of rotatable bonds is 7. The molecule has 0 aliphatic heterocycles. The van der Waals surface area contributed by atoms with E-state index in [0.717, 1.165) is 17.7 Å². The SMILES string of the molecule is CN(C)CC(C)(C)CNC(=O)Cc1ccc(C(N)=S)cc1. The van der Waals surface area contributed by atoms with E-state index in [1.165, 1.54) is 0 Å². The third kappa shape index (κ3) is 6.69. The van der Waals surface area contributed by atoms with Crippen molar-refractivity contribution < 1.29 is 4.79 Å². The molecule has 0 radical (unpaired) electrons. The maximum atomic E-state index is 12.0. The molecule has 116 valence electrons. The van der Waals surface area contributed by atoms with Gasteiger partial charge in [0, 0.05) is 18.7 Å². The van der Waals surface area contributed by atoms with Gasteiger partial charge >= 0.3 is 0 Å². The summed E-state index contributed by atoms with van der Waals surface area (Å²) in [7, 11) is 4.07. The van der Waals surface area contributed by atoms with E-state index >= 15 is 0 Å². The van der Waals surface area contributed by atoms with Gasteiger partial charge in [-0.2, -0.15) is 0 Å². The summed E-state index contributed by atoms with van der Waals surface area (Å²) in [5.41, 5.74) is 7.38. The van der Waals surface area contributed by atoms with Gasteiger partial charge in [0.15, 0.2) is 0 Å². The fraction of sp³-hybridized carbons (Fsp3) is 0.500. The molecule has 21 heavy (non-hydrogen) atoms. The second-order valence-corrected chi connectivity index (χ2v) is 6.86. The van der Waals surface area contributed by atoms with Crippen molar-refractivity contribution in [3.63, 3.8) is 0 Å². The zero-order chi connectivity index (χ0) is 16.0. The first-order valence-corrected chi connectivity index (χ1v) is 7.40. The normalized spacial score (nSPS) is 11.5. The first-order chi connectivity index (χ1) is 9.69. The van der Waals surface area contributed by atoms with E-state index in [2.05, 4.69) is 24.1 Å². The maximum absolute atomic E-state index is 12.0. The summed E-state index contributed by atoms with van der Waals surface area (Å²) in [5, 5.41) is 3.00. The lowest BCUT2D eigenvalue weighted by atomic mass is 9.93. The summed E-state index contributed by atoms with van der Waals surface area (Å²) < 4.78 is 0. The lowest BCUT2D eigenvalue weighted by Crippen LogP contribution is -2.40. The maximum Gasteiger partial charge on any atom is 0.224 e. The summed E-state index contributed by atoms with van der Waals surface area (Å²) in [6.07, 6.45) is 0.371. The van der Waals surface area contributed by atoms with Crippen LogP contribution < -0.4 is 11.1 Å². The van der Waals surface area contributed by atoms with Gasteiger partial charge in [-0.15, -0.1) is 0 Å². The van der Waals surface area contributed by atoms with Crippen LogP contribution in [0.4, 0.5) is 0 Å². The molecule has 0 aliphatic rings. The summed E-state index contributed by atoms with van der Waals surface area (Å²) >= 11 is 4.90. The molecular weight excluding hydrogens is 282 g/mol. The fourth-order valence-corrected chi connectivity index (χ4v) is 2.42. The number of nitrogens with two attached hydrogens (primary N) is 1. The molecular formula is C16H25N3OS. The van der Waals surface area contributed by atoms with E-state index in [1.807, 2.05) is 38.4 Å². The predicted molar refractivity (Wildman–Crippen MR) is 91.4 cm³/mol. The molecule has 0 spiro atoms. The summed E-state index contributed by atoms with van der Waals surface area (Å²) in [4.78, 5) is 14.5. The third-order valence-corrected chi connectivity index (χ3v) is 3.35. The zero-order valence-electron chi connectivity index (χ0n) is 13.3. The average Bonchev–Trinajstić information content (AvgIpc) is 2.36. The van der Waals surface area contributed by atoms with Crippen molar-refractivity contribution >= 4 is 23.1 Å². The Morgan fingerprint density at radius 3 is 2.33 bits per heavy atom. The standard InChI is InChI=1S/C16H25N3OS/c1-16(2,11-19(3)4)10-18-14(20)9-12-5-7-13(8-6-12)15(17)21/h5-8H,9-11H2,1-4H3,(H2,17,21)(H,18,20). The highest BCUT2D eigenvalue weighted by Gasteiger charge is 2.19. The van der Waals surface area contributed by atoms with Crippen LogP contribution in [0.25, 0.3) is 0 Å². The molecule has 0 heterocycles. The Hall–Kier alpha value is -1.46. The molecule has 0 bridgehead atoms. The highest BCUT2D eigenvalue weighted by molar-refractivity contribution is 7.80. The number of carbonyl (C=O) groups is 1. The van der Waals surface area contributed by atoms with Crippen LogP contribution in [0.2, 0.25) is 0 Å². The first kappa shape index (κ1) is 17.6. The van der Waals surface area contributed by atoms with Gasteiger partial charge in [0.2, 0.25) is 5.91 Å². The number of hydrogen-bond acceptors (Lipinski definition) is 3. The van der Waals surface area contributed by atoms with Crippen molar-refractivity contribution in [2.45, 2.75) is 20.3 Å². The molecule has 0 atom stereocenters.